The van der Waals surface area contributed by atoms with Gasteiger partial charge in [0.25, 0.3) is 5.91 Å². The molecule has 8 nitrogen and oxygen atoms in total. The normalized spacial score (nSPS) is 19.4. The number of fused-ring (bicyclic) bond motifs is 2. The van der Waals surface area contributed by atoms with Crippen molar-refractivity contribution < 1.29 is 33.3 Å². The zero-order valence-corrected chi connectivity index (χ0v) is 15.0. The van der Waals surface area contributed by atoms with Gasteiger partial charge in [0.2, 0.25) is 6.10 Å². The highest BCUT2D eigenvalue weighted by Crippen LogP contribution is 2.31. The third kappa shape index (κ3) is 4.11. The Labute approximate surface area is 161 Å². The Morgan fingerprint density at radius 1 is 0.893 bits per heavy atom. The number of amides is 1. The third-order valence-corrected chi connectivity index (χ3v) is 4.21. The molecule has 0 spiro atoms. The molecule has 2 aliphatic heterocycles. The highest BCUT2D eigenvalue weighted by Gasteiger charge is 2.29. The molecule has 0 unspecified atom stereocenters. The van der Waals surface area contributed by atoms with Gasteiger partial charge < -0.3 is 29.0 Å². The number of hydrogen-bond donors (Lipinski definition) is 1. The summed E-state index contributed by atoms with van der Waals surface area (Å²) in [5, 5.41) is 2.66. The smallest absolute Gasteiger partial charge is 0.351 e. The first kappa shape index (κ1) is 18.0. The summed E-state index contributed by atoms with van der Waals surface area (Å²) in [7, 11) is 0. The maximum Gasteiger partial charge on any atom is 0.351 e. The molecule has 0 fully saturated rings. The Morgan fingerprint density at radius 3 is 2.21 bits per heavy atom. The maximum absolute atomic E-state index is 12.1. The fourth-order valence-electron chi connectivity index (χ4n) is 2.81. The summed E-state index contributed by atoms with van der Waals surface area (Å²) in [6.45, 7) is 0.180. The zero-order chi connectivity index (χ0) is 19.3. The van der Waals surface area contributed by atoms with Crippen LogP contribution in [0.2, 0.25) is 0 Å². The second-order valence-corrected chi connectivity index (χ2v) is 6.27. The van der Waals surface area contributed by atoms with E-state index in [-0.39, 0.29) is 19.3 Å². The molecule has 0 bridgehead atoms. The van der Waals surface area contributed by atoms with Gasteiger partial charge in [0.05, 0.1) is 6.54 Å². The minimum atomic E-state index is -0.908. The van der Waals surface area contributed by atoms with Crippen LogP contribution in [-0.4, -0.2) is 50.4 Å². The molecule has 0 radical (unpaired) electrons. The van der Waals surface area contributed by atoms with Crippen LogP contribution in [0.1, 0.15) is 0 Å². The number of ether oxygens (including phenoxy) is 5. The summed E-state index contributed by atoms with van der Waals surface area (Å²) in [5.74, 6) is 1.25. The molecule has 28 heavy (non-hydrogen) atoms. The lowest BCUT2D eigenvalue weighted by Crippen LogP contribution is -2.43. The van der Waals surface area contributed by atoms with Crippen LogP contribution in [0.3, 0.4) is 0 Å². The lowest BCUT2D eigenvalue weighted by atomic mass is 10.2. The standard InChI is InChI=1S/C20H19NO7/c22-19(21-9-13-10-24-14-5-1-3-7-16(14)27-13)12-26-20(23)18-11-25-15-6-2-4-8-17(15)28-18/h1-8,13,18H,9-12H2,(H,21,22)/t13-,18-/m1/s1. The Balaban J connectivity index is 1.19. The summed E-state index contributed by atoms with van der Waals surface area (Å²) in [5.41, 5.74) is 0. The summed E-state index contributed by atoms with van der Waals surface area (Å²) in [6, 6.07) is 14.4. The Kier molecular flexibility index (Phi) is 5.18. The van der Waals surface area contributed by atoms with Crippen LogP contribution in [-0.2, 0) is 14.3 Å². The molecule has 8 heteroatoms. The first-order valence-electron chi connectivity index (χ1n) is 8.89. The topological polar surface area (TPSA) is 92.3 Å². The van der Waals surface area contributed by atoms with E-state index in [9.17, 15) is 9.59 Å². The Morgan fingerprint density at radius 2 is 1.50 bits per heavy atom. The van der Waals surface area contributed by atoms with E-state index in [1.54, 1.807) is 24.3 Å². The average molecular weight is 385 g/mol. The van der Waals surface area contributed by atoms with Crippen LogP contribution >= 0.6 is 0 Å². The molecule has 1 N–H and O–H groups in total. The highest BCUT2D eigenvalue weighted by atomic mass is 16.6. The van der Waals surface area contributed by atoms with Gasteiger partial charge in [-0.1, -0.05) is 24.3 Å². The highest BCUT2D eigenvalue weighted by molar-refractivity contribution is 5.82. The van der Waals surface area contributed by atoms with Crippen LogP contribution in [0.25, 0.3) is 0 Å². The molecule has 146 valence electrons. The first-order chi connectivity index (χ1) is 13.7. The number of carbonyl (C=O) groups excluding carboxylic acids is 2. The van der Waals surface area contributed by atoms with Gasteiger partial charge in [-0.2, -0.15) is 0 Å². The summed E-state index contributed by atoms with van der Waals surface area (Å²) < 4.78 is 27.4. The maximum atomic E-state index is 12.1. The molecule has 4 rings (SSSR count). The van der Waals surface area contributed by atoms with Crippen molar-refractivity contribution in [1.29, 1.82) is 0 Å². The van der Waals surface area contributed by atoms with Gasteiger partial charge in [-0.05, 0) is 24.3 Å². The molecular weight excluding hydrogens is 366 g/mol. The molecular formula is C20H19NO7. The van der Waals surface area contributed by atoms with Crippen molar-refractivity contribution in [3.8, 4) is 23.0 Å². The molecule has 0 saturated carbocycles. The average Bonchev–Trinajstić information content (AvgIpc) is 2.75. The fourth-order valence-corrected chi connectivity index (χ4v) is 2.81. The Bertz CT molecular complexity index is 869. The van der Waals surface area contributed by atoms with E-state index < -0.39 is 24.6 Å². The predicted octanol–water partition coefficient (Wildman–Crippen LogP) is 1.33. The van der Waals surface area contributed by atoms with Crippen LogP contribution in [0.15, 0.2) is 48.5 Å². The van der Waals surface area contributed by atoms with E-state index in [2.05, 4.69) is 5.32 Å². The second kappa shape index (κ2) is 8.08. The van der Waals surface area contributed by atoms with Gasteiger partial charge in [-0.25, -0.2) is 4.79 Å². The molecule has 2 aromatic carbocycles. The van der Waals surface area contributed by atoms with Gasteiger partial charge >= 0.3 is 5.97 Å². The number of para-hydroxylation sites is 4. The van der Waals surface area contributed by atoms with Crippen LogP contribution in [0.4, 0.5) is 0 Å². The van der Waals surface area contributed by atoms with Gasteiger partial charge in [0.15, 0.2) is 29.6 Å². The van der Waals surface area contributed by atoms with Crippen molar-refractivity contribution in [3.63, 3.8) is 0 Å². The first-order valence-corrected chi connectivity index (χ1v) is 8.89. The quantitative estimate of drug-likeness (QED) is 0.776. The minimum Gasteiger partial charge on any atom is -0.486 e. The molecule has 0 aromatic heterocycles. The van der Waals surface area contributed by atoms with Gasteiger partial charge in [-0.15, -0.1) is 0 Å². The molecule has 2 aliphatic rings. The fraction of sp³-hybridized carbons (Fsp3) is 0.300. The van der Waals surface area contributed by atoms with Crippen LogP contribution in [0, 0.1) is 0 Å². The molecule has 1 amide bonds. The predicted molar refractivity (Wildman–Crippen MR) is 96.7 cm³/mol. The molecule has 2 atom stereocenters. The molecule has 2 aromatic rings. The van der Waals surface area contributed by atoms with E-state index in [1.165, 1.54) is 0 Å². The van der Waals surface area contributed by atoms with E-state index in [0.29, 0.717) is 29.6 Å². The van der Waals surface area contributed by atoms with E-state index in [4.69, 9.17) is 23.7 Å². The molecule has 0 saturated heterocycles. The second-order valence-electron chi connectivity index (χ2n) is 6.27. The van der Waals surface area contributed by atoms with Crippen molar-refractivity contribution in [2.45, 2.75) is 12.2 Å². The summed E-state index contributed by atoms with van der Waals surface area (Å²) >= 11 is 0. The zero-order valence-electron chi connectivity index (χ0n) is 15.0. The van der Waals surface area contributed by atoms with E-state index >= 15 is 0 Å². The number of nitrogens with one attached hydrogen (secondary N) is 1. The molecule has 2 heterocycles. The number of benzene rings is 2. The van der Waals surface area contributed by atoms with Gasteiger partial charge in [0, 0.05) is 0 Å². The summed E-state index contributed by atoms with van der Waals surface area (Å²) in [4.78, 5) is 24.1. The SMILES string of the molecule is O=C(COC(=O)[C@H]1COc2ccccc2O1)NC[C@@H]1COc2ccccc2O1. The number of esters is 1. The monoisotopic (exact) mass is 385 g/mol. The number of hydrogen-bond acceptors (Lipinski definition) is 7. The van der Waals surface area contributed by atoms with Gasteiger partial charge in [-0.3, -0.25) is 4.79 Å². The van der Waals surface area contributed by atoms with Crippen molar-refractivity contribution >= 4 is 11.9 Å². The van der Waals surface area contributed by atoms with Crippen molar-refractivity contribution in [2.75, 3.05) is 26.4 Å². The third-order valence-electron chi connectivity index (χ3n) is 4.21. The number of rotatable bonds is 5. The largest absolute Gasteiger partial charge is 0.486 e. The van der Waals surface area contributed by atoms with Crippen molar-refractivity contribution in [3.05, 3.63) is 48.5 Å². The lowest BCUT2D eigenvalue weighted by Gasteiger charge is -2.26. The van der Waals surface area contributed by atoms with E-state index in [1.807, 2.05) is 24.3 Å². The van der Waals surface area contributed by atoms with E-state index in [0.717, 1.165) is 0 Å². The Hall–Kier alpha value is -3.42. The van der Waals surface area contributed by atoms with Crippen molar-refractivity contribution in [2.24, 2.45) is 0 Å². The molecule has 0 aliphatic carbocycles. The van der Waals surface area contributed by atoms with Crippen molar-refractivity contribution in [1.82, 2.24) is 5.32 Å². The summed E-state index contributed by atoms with van der Waals surface area (Å²) in [6.07, 6.45) is -1.23. The van der Waals surface area contributed by atoms with Gasteiger partial charge in [0.1, 0.15) is 19.3 Å². The minimum absolute atomic E-state index is 0.0319. The lowest BCUT2D eigenvalue weighted by molar-refractivity contribution is -0.157. The van der Waals surface area contributed by atoms with Crippen LogP contribution < -0.4 is 24.3 Å². The van der Waals surface area contributed by atoms with Crippen LogP contribution in [0.5, 0.6) is 23.0 Å². The number of carbonyl (C=O) groups is 2.